The Bertz CT molecular complexity index is 1650. The number of rotatable bonds is 11. The molecule has 2 aromatic heterocycles. The van der Waals surface area contributed by atoms with Crippen LogP contribution in [-0.2, 0) is 10.0 Å². The van der Waals surface area contributed by atoms with E-state index >= 15 is 0 Å². The topological polar surface area (TPSA) is 165 Å². The van der Waals surface area contributed by atoms with Crippen LogP contribution in [0, 0.1) is 5.82 Å². The molecule has 210 valence electrons. The van der Waals surface area contributed by atoms with Gasteiger partial charge in [-0.05, 0) is 49.6 Å². The third-order valence-electron chi connectivity index (χ3n) is 6.16. The monoisotopic (exact) mass is 576 g/mol. The molecule has 0 saturated heterocycles. The molecule has 1 aliphatic carbocycles. The summed E-state index contributed by atoms with van der Waals surface area (Å²) in [4.78, 5) is 12.4. The van der Waals surface area contributed by atoms with Gasteiger partial charge in [0.2, 0.25) is 0 Å². The minimum Gasteiger partial charge on any atom is -0.484 e. The first-order chi connectivity index (χ1) is 19.0. The molecule has 1 aliphatic rings. The van der Waals surface area contributed by atoms with E-state index in [1.165, 1.54) is 42.5 Å². The predicted octanol–water partition coefficient (Wildman–Crippen LogP) is 5.03. The largest absolute Gasteiger partial charge is 0.484 e. The van der Waals surface area contributed by atoms with Gasteiger partial charge in [-0.1, -0.05) is 23.4 Å². The molecular weight excluding hydrogens is 553 g/mol. The lowest BCUT2D eigenvalue weighted by molar-refractivity contribution is 0.100. The summed E-state index contributed by atoms with van der Waals surface area (Å²) >= 11 is 0. The number of anilines is 3. The first kappa shape index (κ1) is 27.1. The summed E-state index contributed by atoms with van der Waals surface area (Å²) in [5, 5.41) is 13.7. The van der Waals surface area contributed by atoms with Crippen LogP contribution < -0.4 is 20.5 Å². The first-order valence-corrected chi connectivity index (χ1v) is 13.5. The number of carbonyl (C=O) groups excluding carboxylic acids is 1. The summed E-state index contributed by atoms with van der Waals surface area (Å²) in [5.41, 5.74) is 6.16. The molecule has 5 rings (SSSR count). The second kappa shape index (κ2) is 10.6. The van der Waals surface area contributed by atoms with Crippen LogP contribution in [0.1, 0.15) is 53.5 Å². The van der Waals surface area contributed by atoms with Crippen LogP contribution in [0.2, 0.25) is 0 Å². The number of benzene rings is 2. The number of amides is 1. The van der Waals surface area contributed by atoms with E-state index in [2.05, 4.69) is 20.7 Å². The number of H-pyrrole nitrogens is 1. The van der Waals surface area contributed by atoms with Crippen molar-refractivity contribution in [1.82, 2.24) is 15.4 Å². The van der Waals surface area contributed by atoms with Crippen molar-refractivity contribution in [1.29, 1.82) is 0 Å². The molecule has 15 heteroatoms. The van der Waals surface area contributed by atoms with Crippen LogP contribution in [-0.4, -0.2) is 35.4 Å². The van der Waals surface area contributed by atoms with Gasteiger partial charge in [0.05, 0.1) is 5.69 Å². The molecule has 1 saturated carbocycles. The maximum Gasteiger partial charge on any atom is 0.355 e. The predicted molar refractivity (Wildman–Crippen MR) is 138 cm³/mol. The van der Waals surface area contributed by atoms with E-state index in [0.717, 1.165) is 12.8 Å². The Morgan fingerprint density at radius 3 is 2.55 bits per heavy atom. The summed E-state index contributed by atoms with van der Waals surface area (Å²) in [6, 6.07) is 10.9. The van der Waals surface area contributed by atoms with Gasteiger partial charge in [0, 0.05) is 17.5 Å². The lowest BCUT2D eigenvalue weighted by Crippen LogP contribution is -2.21. The Morgan fingerprint density at radius 1 is 1.18 bits per heavy atom. The number of alkyl halides is 2. The molecular formula is C25H23F3N6O5S. The van der Waals surface area contributed by atoms with Gasteiger partial charge in [-0.15, -0.1) is 0 Å². The van der Waals surface area contributed by atoms with E-state index < -0.39 is 33.6 Å². The van der Waals surface area contributed by atoms with E-state index in [-0.39, 0.29) is 34.1 Å². The van der Waals surface area contributed by atoms with Crippen molar-refractivity contribution in [2.45, 2.75) is 37.5 Å². The lowest BCUT2D eigenvalue weighted by atomic mass is 10.1. The summed E-state index contributed by atoms with van der Waals surface area (Å²) < 4.78 is 76.4. The number of halogens is 3. The average molecular weight is 577 g/mol. The van der Waals surface area contributed by atoms with Crippen LogP contribution in [0.5, 0.6) is 5.75 Å². The molecule has 2 heterocycles. The van der Waals surface area contributed by atoms with E-state index in [9.17, 15) is 26.4 Å². The second-order valence-corrected chi connectivity index (χ2v) is 10.8. The van der Waals surface area contributed by atoms with Crippen molar-refractivity contribution >= 4 is 33.3 Å². The zero-order valence-electron chi connectivity index (χ0n) is 20.8. The van der Waals surface area contributed by atoms with Crippen LogP contribution in [0.4, 0.5) is 30.5 Å². The fourth-order valence-electron chi connectivity index (χ4n) is 3.96. The quantitative estimate of drug-likeness (QED) is 0.193. The van der Waals surface area contributed by atoms with Gasteiger partial charge < -0.3 is 20.3 Å². The zero-order chi connectivity index (χ0) is 28.6. The van der Waals surface area contributed by atoms with Gasteiger partial charge in [0.1, 0.15) is 40.5 Å². The van der Waals surface area contributed by atoms with Crippen molar-refractivity contribution in [3.05, 3.63) is 71.2 Å². The highest BCUT2D eigenvalue weighted by atomic mass is 32.2. The summed E-state index contributed by atoms with van der Waals surface area (Å²) in [5.74, 6) is -3.70. The van der Waals surface area contributed by atoms with Crippen molar-refractivity contribution < 1.29 is 35.6 Å². The van der Waals surface area contributed by atoms with E-state index in [1.54, 1.807) is 13.0 Å². The molecule has 1 unspecified atom stereocenters. The Labute approximate surface area is 225 Å². The Hall–Kier alpha value is -4.53. The summed E-state index contributed by atoms with van der Waals surface area (Å²) in [6.07, 6.45) is 1.25. The molecule has 40 heavy (non-hydrogen) atoms. The minimum absolute atomic E-state index is 0.0468. The first-order valence-electron chi connectivity index (χ1n) is 12.0. The second-order valence-electron chi connectivity index (χ2n) is 9.13. The highest BCUT2D eigenvalue weighted by Gasteiger charge is 2.29. The average Bonchev–Trinajstić information content (AvgIpc) is 3.50. The number of primary amides is 1. The van der Waals surface area contributed by atoms with Crippen LogP contribution in [0.3, 0.4) is 0 Å². The van der Waals surface area contributed by atoms with Crippen molar-refractivity contribution in [2.24, 2.45) is 5.73 Å². The number of nitrogens with zero attached hydrogens (tertiary/aromatic N) is 2. The molecule has 0 aliphatic heterocycles. The molecule has 5 N–H and O–H groups in total. The highest BCUT2D eigenvalue weighted by molar-refractivity contribution is 7.93. The van der Waals surface area contributed by atoms with Gasteiger partial charge >= 0.3 is 5.76 Å². The normalized spacial score (nSPS) is 14.2. The number of hydrogen-bond acceptors (Lipinski definition) is 8. The van der Waals surface area contributed by atoms with E-state index in [1.807, 2.05) is 4.72 Å². The number of nitrogens with one attached hydrogen (secondary N) is 3. The number of aromatic amines is 1. The zero-order valence-corrected chi connectivity index (χ0v) is 21.6. The Kier molecular flexibility index (Phi) is 7.14. The van der Waals surface area contributed by atoms with Gasteiger partial charge in [-0.3, -0.25) is 14.6 Å². The van der Waals surface area contributed by atoms with Gasteiger partial charge in [-0.2, -0.15) is 13.9 Å². The summed E-state index contributed by atoms with van der Waals surface area (Å²) in [7, 11) is -5.04. The molecule has 1 fully saturated rings. The molecule has 1 amide bonds. The molecule has 4 aromatic rings. The van der Waals surface area contributed by atoms with Gasteiger partial charge in [0.25, 0.3) is 15.9 Å². The molecule has 0 spiro atoms. The third-order valence-corrected chi connectivity index (χ3v) is 7.13. The maximum absolute atomic E-state index is 13.4. The van der Waals surface area contributed by atoms with E-state index in [4.69, 9.17) is 15.0 Å². The maximum atomic E-state index is 13.4. The third kappa shape index (κ3) is 5.73. The van der Waals surface area contributed by atoms with Crippen molar-refractivity contribution in [2.75, 3.05) is 10.0 Å². The van der Waals surface area contributed by atoms with E-state index in [0.29, 0.717) is 23.1 Å². The summed E-state index contributed by atoms with van der Waals surface area (Å²) in [6.45, 7) is 1.60. The van der Waals surface area contributed by atoms with Crippen molar-refractivity contribution in [3.8, 4) is 17.0 Å². The Morgan fingerprint density at radius 2 is 1.90 bits per heavy atom. The number of aromatic nitrogens is 3. The minimum atomic E-state index is -5.04. The SMILES string of the molecule is CC(Oc1cc(-c2n[nH]c(Nc3cc(C4CC4)on3)c2C(N)=O)ccc1NS(=O)(=O)C(F)F)c1ccc(F)cc1. The number of hydrogen-bond donors (Lipinski definition) is 4. The van der Waals surface area contributed by atoms with Crippen LogP contribution >= 0.6 is 0 Å². The molecule has 1 atom stereocenters. The van der Waals surface area contributed by atoms with Gasteiger partial charge in [-0.25, -0.2) is 12.8 Å². The molecule has 11 nitrogen and oxygen atoms in total. The fraction of sp³-hybridized carbons (Fsp3) is 0.240. The smallest absolute Gasteiger partial charge is 0.355 e. The highest BCUT2D eigenvalue weighted by Crippen LogP contribution is 2.41. The molecule has 0 radical (unpaired) electrons. The standard InChI is InChI=1S/C25H23F3N6O5S/c1-12(13-4-7-16(26)8-5-13)38-19-10-15(6-9-17(19)34-40(36,37)25(27)28)22-21(23(29)35)24(32-31-22)30-20-11-18(39-33-20)14-2-3-14/h4-12,14,25,34H,2-3H2,1H3,(H2,29,35)(H2,30,31,32,33). The Balaban J connectivity index is 1.50. The molecule has 0 bridgehead atoms. The van der Waals surface area contributed by atoms with Crippen LogP contribution in [0.25, 0.3) is 11.3 Å². The van der Waals surface area contributed by atoms with Gasteiger partial charge in [0.15, 0.2) is 5.82 Å². The lowest BCUT2D eigenvalue weighted by Gasteiger charge is -2.19. The number of ether oxygens (including phenoxy) is 1. The number of carbonyl (C=O) groups is 1. The van der Waals surface area contributed by atoms with Crippen molar-refractivity contribution in [3.63, 3.8) is 0 Å². The van der Waals surface area contributed by atoms with Crippen LogP contribution in [0.15, 0.2) is 53.1 Å². The number of nitrogens with two attached hydrogens (primary N) is 1. The fourth-order valence-corrected chi connectivity index (χ4v) is 4.52. The molecule has 2 aromatic carbocycles. The number of sulfonamides is 1.